The van der Waals surface area contributed by atoms with Crippen LogP contribution in [-0.2, 0) is 6.42 Å². The number of hydrogen-bond donors (Lipinski definition) is 2. The summed E-state index contributed by atoms with van der Waals surface area (Å²) >= 11 is 0. The van der Waals surface area contributed by atoms with Gasteiger partial charge in [0.2, 0.25) is 0 Å². The topological polar surface area (TPSA) is 49.8 Å². The zero-order valence-corrected chi connectivity index (χ0v) is 15.8. The molecular weight excluding hydrogens is 343 g/mol. The van der Waals surface area contributed by atoms with Crippen LogP contribution in [0.4, 0.5) is 17.3 Å². The molecule has 0 fully saturated rings. The summed E-state index contributed by atoms with van der Waals surface area (Å²) in [6.45, 7) is 2.78. The highest BCUT2D eigenvalue weighted by molar-refractivity contribution is 6.36. The number of anilines is 3. The maximum Gasteiger partial charge on any atom is 0.174 e. The number of aromatic nitrogens is 2. The van der Waals surface area contributed by atoms with Gasteiger partial charge < -0.3 is 10.6 Å². The second-order valence-electron chi connectivity index (χ2n) is 6.79. The minimum atomic E-state index is 0.669. The third kappa shape index (κ3) is 4.14. The summed E-state index contributed by atoms with van der Waals surface area (Å²) in [6, 6.07) is 24.2. The molecule has 4 nitrogen and oxygen atoms in total. The summed E-state index contributed by atoms with van der Waals surface area (Å²) in [6.07, 6.45) is 0.904. The second kappa shape index (κ2) is 8.13. The molecule has 1 heterocycles. The summed E-state index contributed by atoms with van der Waals surface area (Å²) < 4.78 is 0. The first-order valence-electron chi connectivity index (χ1n) is 9.37. The number of nitrogens with one attached hydrogen (secondary N) is 2. The number of fused-ring (bicyclic) bond motifs is 1. The molecule has 4 aromatic rings. The molecule has 4 rings (SSSR count). The Kier molecular flexibility index (Phi) is 5.24. The molecule has 28 heavy (non-hydrogen) atoms. The lowest BCUT2D eigenvalue weighted by atomic mass is 9.92. The number of nitrogens with zero attached hydrogens (tertiary/aromatic N) is 2. The molecule has 0 atom stereocenters. The van der Waals surface area contributed by atoms with Crippen LogP contribution in [0, 0.1) is 6.92 Å². The van der Waals surface area contributed by atoms with Gasteiger partial charge in [0, 0.05) is 12.2 Å². The van der Waals surface area contributed by atoms with Crippen LogP contribution < -0.4 is 16.1 Å². The Hall–Kier alpha value is -3.34. The van der Waals surface area contributed by atoms with Crippen molar-refractivity contribution >= 4 is 41.7 Å². The van der Waals surface area contributed by atoms with Crippen molar-refractivity contribution in [3.8, 4) is 0 Å². The van der Waals surface area contributed by atoms with E-state index < -0.39 is 0 Å². The Balaban J connectivity index is 1.62. The van der Waals surface area contributed by atoms with Crippen molar-refractivity contribution in [2.45, 2.75) is 13.3 Å². The molecule has 3 aromatic carbocycles. The highest BCUT2D eigenvalue weighted by atomic mass is 15.1. The van der Waals surface area contributed by atoms with Crippen LogP contribution in [-0.4, -0.2) is 24.4 Å². The lowest BCUT2D eigenvalue weighted by molar-refractivity contribution is 1.01. The monoisotopic (exact) mass is 364 g/mol. The van der Waals surface area contributed by atoms with Crippen LogP contribution in [0.1, 0.15) is 11.1 Å². The van der Waals surface area contributed by atoms with E-state index in [1.165, 1.54) is 5.56 Å². The minimum absolute atomic E-state index is 0.669. The molecule has 136 valence electrons. The molecule has 0 aliphatic carbocycles. The number of para-hydroxylation sites is 2. The van der Waals surface area contributed by atoms with Gasteiger partial charge in [-0.05, 0) is 37.1 Å². The van der Waals surface area contributed by atoms with Crippen molar-refractivity contribution in [1.82, 2.24) is 9.97 Å². The summed E-state index contributed by atoms with van der Waals surface area (Å²) in [5, 5.41) is 6.78. The number of benzene rings is 3. The van der Waals surface area contributed by atoms with Gasteiger partial charge in [-0.1, -0.05) is 65.6 Å². The first-order valence-corrected chi connectivity index (χ1v) is 9.37. The molecule has 0 bridgehead atoms. The SMILES string of the molecule is [B]c1cc(C)ccc1Nc1nc2ccccc2nc1NCCc1ccccc1. The predicted octanol–water partition coefficient (Wildman–Crippen LogP) is 4.13. The zero-order valence-electron chi connectivity index (χ0n) is 15.8. The van der Waals surface area contributed by atoms with E-state index in [2.05, 4.69) is 34.9 Å². The van der Waals surface area contributed by atoms with Gasteiger partial charge in [-0.15, -0.1) is 0 Å². The normalized spacial score (nSPS) is 10.8. The maximum absolute atomic E-state index is 6.18. The van der Waals surface area contributed by atoms with E-state index in [-0.39, 0.29) is 0 Å². The number of aryl methyl sites for hydroxylation is 1. The van der Waals surface area contributed by atoms with Crippen LogP contribution in [0.25, 0.3) is 11.0 Å². The van der Waals surface area contributed by atoms with Crippen molar-refractivity contribution < 1.29 is 0 Å². The molecular formula is C23H21BN4. The van der Waals surface area contributed by atoms with Gasteiger partial charge in [-0.2, -0.15) is 0 Å². The van der Waals surface area contributed by atoms with E-state index in [0.717, 1.165) is 41.1 Å². The molecule has 0 spiro atoms. The van der Waals surface area contributed by atoms with Gasteiger partial charge in [0.25, 0.3) is 0 Å². The Labute approximate surface area is 166 Å². The van der Waals surface area contributed by atoms with Gasteiger partial charge >= 0.3 is 0 Å². The Bertz CT molecular complexity index is 1100. The molecule has 1 aromatic heterocycles. The van der Waals surface area contributed by atoms with Gasteiger partial charge in [0.1, 0.15) is 7.85 Å². The maximum atomic E-state index is 6.18. The van der Waals surface area contributed by atoms with E-state index in [9.17, 15) is 0 Å². The summed E-state index contributed by atoms with van der Waals surface area (Å²) in [5.41, 5.74) is 5.60. The second-order valence-corrected chi connectivity index (χ2v) is 6.79. The molecule has 0 saturated carbocycles. The molecule has 0 amide bonds. The number of hydrogen-bond acceptors (Lipinski definition) is 4. The van der Waals surface area contributed by atoms with E-state index in [1.807, 2.05) is 55.5 Å². The number of rotatable bonds is 6. The molecule has 0 aliphatic heterocycles. The van der Waals surface area contributed by atoms with Gasteiger partial charge in [-0.3, -0.25) is 0 Å². The minimum Gasteiger partial charge on any atom is -0.367 e. The first-order chi connectivity index (χ1) is 13.7. The fraction of sp³-hybridized carbons (Fsp3) is 0.130. The van der Waals surface area contributed by atoms with Crippen LogP contribution in [0.5, 0.6) is 0 Å². The average molecular weight is 364 g/mol. The first kappa shape index (κ1) is 18.0. The van der Waals surface area contributed by atoms with Crippen LogP contribution >= 0.6 is 0 Å². The quantitative estimate of drug-likeness (QED) is 0.505. The Morgan fingerprint density at radius 1 is 0.821 bits per heavy atom. The van der Waals surface area contributed by atoms with Crippen LogP contribution in [0.15, 0.2) is 72.8 Å². The lowest BCUT2D eigenvalue weighted by Gasteiger charge is -2.15. The van der Waals surface area contributed by atoms with E-state index in [0.29, 0.717) is 11.3 Å². The Morgan fingerprint density at radius 3 is 2.21 bits per heavy atom. The zero-order chi connectivity index (χ0) is 19.3. The third-order valence-electron chi connectivity index (χ3n) is 4.58. The largest absolute Gasteiger partial charge is 0.367 e. The summed E-state index contributed by atoms with van der Waals surface area (Å²) in [4.78, 5) is 9.54. The van der Waals surface area contributed by atoms with Crippen molar-refractivity contribution in [3.05, 3.63) is 83.9 Å². The molecule has 5 heteroatoms. The van der Waals surface area contributed by atoms with Crippen molar-refractivity contribution in [2.75, 3.05) is 17.2 Å². The average Bonchev–Trinajstić information content (AvgIpc) is 2.71. The highest BCUT2D eigenvalue weighted by Crippen LogP contribution is 2.24. The summed E-state index contributed by atoms with van der Waals surface area (Å²) in [5.74, 6) is 1.39. The molecule has 0 unspecified atom stereocenters. The lowest BCUT2D eigenvalue weighted by Crippen LogP contribution is -2.14. The molecule has 2 radical (unpaired) electrons. The molecule has 0 saturated heterocycles. The van der Waals surface area contributed by atoms with Crippen LogP contribution in [0.3, 0.4) is 0 Å². The fourth-order valence-corrected chi connectivity index (χ4v) is 3.10. The molecule has 2 N–H and O–H groups in total. The van der Waals surface area contributed by atoms with E-state index >= 15 is 0 Å². The molecule has 0 aliphatic rings. The standard InChI is InChI=1S/C23H21BN4/c1-16-11-12-19(18(24)15-16)26-23-22(25-14-13-17-7-3-2-4-8-17)27-20-9-5-6-10-21(20)28-23/h2-12,15H,13-14H2,1H3,(H,25,27)(H,26,28). The van der Waals surface area contributed by atoms with Gasteiger partial charge in [0.15, 0.2) is 11.6 Å². The van der Waals surface area contributed by atoms with Crippen molar-refractivity contribution in [1.29, 1.82) is 0 Å². The van der Waals surface area contributed by atoms with E-state index in [1.54, 1.807) is 0 Å². The predicted molar refractivity (Wildman–Crippen MR) is 118 cm³/mol. The van der Waals surface area contributed by atoms with Crippen LogP contribution in [0.2, 0.25) is 0 Å². The smallest absolute Gasteiger partial charge is 0.174 e. The fourth-order valence-electron chi connectivity index (χ4n) is 3.10. The third-order valence-corrected chi connectivity index (χ3v) is 4.58. The highest BCUT2D eigenvalue weighted by Gasteiger charge is 2.10. The van der Waals surface area contributed by atoms with Gasteiger partial charge in [0.05, 0.1) is 11.0 Å². The van der Waals surface area contributed by atoms with Crippen molar-refractivity contribution in [3.63, 3.8) is 0 Å². The van der Waals surface area contributed by atoms with Crippen molar-refractivity contribution in [2.24, 2.45) is 0 Å². The summed E-state index contributed by atoms with van der Waals surface area (Å²) in [7, 11) is 6.18. The van der Waals surface area contributed by atoms with Gasteiger partial charge in [-0.25, -0.2) is 9.97 Å². The van der Waals surface area contributed by atoms with E-state index in [4.69, 9.17) is 17.8 Å². The Morgan fingerprint density at radius 2 is 1.50 bits per heavy atom.